The van der Waals surface area contributed by atoms with Crippen LogP contribution < -0.4 is 11.1 Å². The van der Waals surface area contributed by atoms with Crippen molar-refractivity contribution in [2.24, 2.45) is 0 Å². The molecule has 0 saturated heterocycles. The molecule has 0 bridgehead atoms. The Morgan fingerprint density at radius 3 is 2.63 bits per heavy atom. The summed E-state index contributed by atoms with van der Waals surface area (Å²) < 4.78 is 22.8. The van der Waals surface area contributed by atoms with Crippen molar-refractivity contribution in [3.8, 4) is 0 Å². The number of nitrogens with zero attached hydrogens (tertiary/aromatic N) is 1. The van der Waals surface area contributed by atoms with Gasteiger partial charge in [-0.05, 0) is 30.3 Å². The van der Waals surface area contributed by atoms with Gasteiger partial charge in [-0.1, -0.05) is 6.07 Å². The Kier molecular flexibility index (Phi) is 3.71. The van der Waals surface area contributed by atoms with E-state index in [4.69, 9.17) is 5.73 Å². The predicted molar refractivity (Wildman–Crippen MR) is 75.5 cm³/mol. The van der Waals surface area contributed by atoms with Crippen LogP contribution in [0.3, 0.4) is 0 Å². The number of hydrogen-bond acceptors (Lipinski definition) is 5. The van der Waals surface area contributed by atoms with Crippen LogP contribution in [0.5, 0.6) is 0 Å². The van der Waals surface area contributed by atoms with Crippen LogP contribution in [0.2, 0.25) is 0 Å². The minimum atomic E-state index is -3.23. The summed E-state index contributed by atoms with van der Waals surface area (Å²) in [5.41, 5.74) is 7.81. The zero-order valence-electron chi connectivity index (χ0n) is 10.5. The molecule has 6 heteroatoms. The highest BCUT2D eigenvalue weighted by Crippen LogP contribution is 2.22. The SMILES string of the molecule is CS(=O)(=O)c1ccc(NCc2ccccn2)c(N)c1. The summed E-state index contributed by atoms with van der Waals surface area (Å²) in [6.45, 7) is 0.531. The zero-order chi connectivity index (χ0) is 13.9. The summed E-state index contributed by atoms with van der Waals surface area (Å²) in [6.07, 6.45) is 2.87. The smallest absolute Gasteiger partial charge is 0.175 e. The van der Waals surface area contributed by atoms with Gasteiger partial charge in [-0.15, -0.1) is 0 Å². The number of benzene rings is 1. The maximum absolute atomic E-state index is 11.4. The molecule has 2 aromatic rings. The van der Waals surface area contributed by atoms with E-state index in [0.717, 1.165) is 11.9 Å². The first-order valence-corrected chi connectivity index (χ1v) is 7.59. The molecule has 1 heterocycles. The number of sulfone groups is 1. The number of hydrogen-bond donors (Lipinski definition) is 2. The Hall–Kier alpha value is -2.08. The van der Waals surface area contributed by atoms with Crippen LogP contribution in [-0.2, 0) is 16.4 Å². The maximum Gasteiger partial charge on any atom is 0.175 e. The fourth-order valence-electron chi connectivity index (χ4n) is 1.62. The Labute approximate surface area is 112 Å². The van der Waals surface area contributed by atoms with Crippen LogP contribution in [-0.4, -0.2) is 19.7 Å². The first-order valence-electron chi connectivity index (χ1n) is 5.70. The van der Waals surface area contributed by atoms with Gasteiger partial charge < -0.3 is 11.1 Å². The van der Waals surface area contributed by atoms with Gasteiger partial charge in [0.1, 0.15) is 0 Å². The van der Waals surface area contributed by atoms with Crippen molar-refractivity contribution in [3.63, 3.8) is 0 Å². The van der Waals surface area contributed by atoms with Gasteiger partial charge in [-0.2, -0.15) is 0 Å². The fourth-order valence-corrected chi connectivity index (χ4v) is 2.28. The van der Waals surface area contributed by atoms with E-state index in [1.165, 1.54) is 12.1 Å². The van der Waals surface area contributed by atoms with Crippen LogP contribution in [0.25, 0.3) is 0 Å². The molecule has 0 spiro atoms. The molecule has 3 N–H and O–H groups in total. The third-order valence-electron chi connectivity index (χ3n) is 2.64. The van der Waals surface area contributed by atoms with Crippen LogP contribution >= 0.6 is 0 Å². The Morgan fingerprint density at radius 1 is 1.26 bits per heavy atom. The number of nitrogens with two attached hydrogens (primary N) is 1. The molecule has 0 atom stereocenters. The lowest BCUT2D eigenvalue weighted by molar-refractivity contribution is 0.602. The van der Waals surface area contributed by atoms with Gasteiger partial charge in [0.2, 0.25) is 0 Å². The van der Waals surface area contributed by atoms with E-state index in [1.807, 2.05) is 18.2 Å². The predicted octanol–water partition coefficient (Wildman–Crippen LogP) is 1.68. The minimum Gasteiger partial charge on any atom is -0.397 e. The molecule has 100 valence electrons. The Balaban J connectivity index is 2.14. The van der Waals surface area contributed by atoms with Crippen LogP contribution in [0.15, 0.2) is 47.5 Å². The third-order valence-corrected chi connectivity index (χ3v) is 3.75. The summed E-state index contributed by atoms with van der Waals surface area (Å²) >= 11 is 0. The lowest BCUT2D eigenvalue weighted by Gasteiger charge is -2.10. The van der Waals surface area contributed by atoms with Crippen molar-refractivity contribution < 1.29 is 8.42 Å². The third kappa shape index (κ3) is 3.45. The van der Waals surface area contributed by atoms with Gasteiger partial charge in [0.05, 0.1) is 28.5 Å². The van der Waals surface area contributed by atoms with E-state index in [1.54, 1.807) is 12.3 Å². The molecule has 1 aromatic heterocycles. The Bertz CT molecular complexity index is 670. The quantitative estimate of drug-likeness (QED) is 0.830. The first kappa shape index (κ1) is 13.4. The second kappa shape index (κ2) is 5.27. The van der Waals surface area contributed by atoms with Gasteiger partial charge in [-0.3, -0.25) is 4.98 Å². The molecular formula is C13H15N3O2S. The summed E-state index contributed by atoms with van der Waals surface area (Å²) in [4.78, 5) is 4.40. The van der Waals surface area contributed by atoms with Crippen molar-refractivity contribution in [3.05, 3.63) is 48.3 Å². The number of aromatic nitrogens is 1. The van der Waals surface area contributed by atoms with Crippen LogP contribution in [0, 0.1) is 0 Å². The number of rotatable bonds is 4. The lowest BCUT2D eigenvalue weighted by atomic mass is 10.2. The van der Waals surface area contributed by atoms with Crippen molar-refractivity contribution in [2.45, 2.75) is 11.4 Å². The van der Waals surface area contributed by atoms with Crippen LogP contribution in [0.4, 0.5) is 11.4 Å². The topological polar surface area (TPSA) is 85.1 Å². The standard InChI is InChI=1S/C13H15N3O2S/c1-19(17,18)11-5-6-13(12(14)8-11)16-9-10-4-2-3-7-15-10/h2-8,16H,9,14H2,1H3. The largest absolute Gasteiger partial charge is 0.397 e. The molecule has 0 amide bonds. The van der Waals surface area contributed by atoms with Crippen molar-refractivity contribution in [1.82, 2.24) is 4.98 Å². The second-order valence-electron chi connectivity index (χ2n) is 4.20. The molecule has 5 nitrogen and oxygen atoms in total. The molecule has 0 fully saturated rings. The average Bonchev–Trinajstić information content (AvgIpc) is 2.37. The average molecular weight is 277 g/mol. The van der Waals surface area contributed by atoms with Crippen molar-refractivity contribution >= 4 is 21.2 Å². The van der Waals surface area contributed by atoms with Gasteiger partial charge in [0.25, 0.3) is 0 Å². The van der Waals surface area contributed by atoms with Gasteiger partial charge in [0, 0.05) is 12.5 Å². The molecule has 0 aliphatic carbocycles. The Morgan fingerprint density at radius 2 is 2.05 bits per heavy atom. The van der Waals surface area contributed by atoms with Gasteiger partial charge in [-0.25, -0.2) is 8.42 Å². The number of nitrogen functional groups attached to an aromatic ring is 1. The highest BCUT2D eigenvalue weighted by molar-refractivity contribution is 7.90. The number of nitrogens with one attached hydrogen (secondary N) is 1. The van der Waals surface area contributed by atoms with Crippen molar-refractivity contribution in [2.75, 3.05) is 17.3 Å². The van der Waals surface area contributed by atoms with E-state index >= 15 is 0 Å². The lowest BCUT2D eigenvalue weighted by Crippen LogP contribution is -2.05. The molecule has 0 unspecified atom stereocenters. The monoisotopic (exact) mass is 277 g/mol. The molecule has 19 heavy (non-hydrogen) atoms. The minimum absolute atomic E-state index is 0.216. The van der Waals surface area contributed by atoms with E-state index < -0.39 is 9.84 Å². The van der Waals surface area contributed by atoms with Gasteiger partial charge >= 0.3 is 0 Å². The van der Waals surface area contributed by atoms with E-state index in [0.29, 0.717) is 17.9 Å². The highest BCUT2D eigenvalue weighted by atomic mass is 32.2. The molecule has 1 aromatic carbocycles. The zero-order valence-corrected chi connectivity index (χ0v) is 11.3. The highest BCUT2D eigenvalue weighted by Gasteiger charge is 2.09. The molecular weight excluding hydrogens is 262 g/mol. The van der Waals surface area contributed by atoms with E-state index in [9.17, 15) is 8.42 Å². The summed E-state index contributed by atoms with van der Waals surface area (Å²) in [5, 5.41) is 3.13. The molecule has 0 saturated carbocycles. The second-order valence-corrected chi connectivity index (χ2v) is 6.21. The molecule has 0 aliphatic rings. The molecule has 0 aliphatic heterocycles. The van der Waals surface area contributed by atoms with Crippen molar-refractivity contribution in [1.29, 1.82) is 0 Å². The normalized spacial score (nSPS) is 11.2. The number of anilines is 2. The van der Waals surface area contributed by atoms with Gasteiger partial charge in [0.15, 0.2) is 9.84 Å². The van der Waals surface area contributed by atoms with Crippen LogP contribution in [0.1, 0.15) is 5.69 Å². The number of pyridine rings is 1. The van der Waals surface area contributed by atoms with E-state index in [2.05, 4.69) is 10.3 Å². The summed E-state index contributed by atoms with van der Waals surface area (Å²) in [5.74, 6) is 0. The molecule has 2 rings (SSSR count). The summed E-state index contributed by atoms with van der Waals surface area (Å²) in [6, 6.07) is 10.3. The first-order chi connectivity index (χ1) is 8.97. The maximum atomic E-state index is 11.4. The molecule has 0 radical (unpaired) electrons. The fraction of sp³-hybridized carbons (Fsp3) is 0.154. The summed E-state index contributed by atoms with van der Waals surface area (Å²) in [7, 11) is -3.23. The van der Waals surface area contributed by atoms with E-state index in [-0.39, 0.29) is 4.90 Å².